The van der Waals surface area contributed by atoms with Crippen LogP contribution in [-0.4, -0.2) is 13.2 Å². The van der Waals surface area contributed by atoms with Gasteiger partial charge in [-0.2, -0.15) is 0 Å². The van der Waals surface area contributed by atoms with Gasteiger partial charge in [-0.3, -0.25) is 0 Å². The maximum absolute atomic E-state index is 6.16. The maximum Gasteiger partial charge on any atom is 0.138 e. The number of benzene rings is 2. The highest BCUT2D eigenvalue weighted by Gasteiger charge is 2.06. The molecule has 0 amide bonds. The molecular formula is C16H17BrClNO2. The zero-order chi connectivity index (χ0) is 15.2. The molecule has 0 spiro atoms. The van der Waals surface area contributed by atoms with Crippen LogP contribution in [0, 0.1) is 0 Å². The predicted octanol–water partition coefficient (Wildman–Crippen LogP) is 4.58. The molecule has 1 atom stereocenters. The minimum Gasteiger partial charge on any atom is -0.490 e. The smallest absolute Gasteiger partial charge is 0.138 e. The molecule has 0 aromatic heterocycles. The van der Waals surface area contributed by atoms with Gasteiger partial charge in [0.1, 0.15) is 24.7 Å². The van der Waals surface area contributed by atoms with Crippen LogP contribution in [0.2, 0.25) is 5.02 Å². The first kappa shape index (κ1) is 16.1. The largest absolute Gasteiger partial charge is 0.490 e. The fraction of sp³-hybridized carbons (Fsp3) is 0.250. The van der Waals surface area contributed by atoms with E-state index in [2.05, 4.69) is 15.9 Å². The van der Waals surface area contributed by atoms with Crippen molar-refractivity contribution in [3.63, 3.8) is 0 Å². The van der Waals surface area contributed by atoms with Crippen LogP contribution >= 0.6 is 27.5 Å². The van der Waals surface area contributed by atoms with Crippen LogP contribution in [0.5, 0.6) is 11.5 Å². The second-order valence-corrected chi connectivity index (χ2v) is 5.96. The first-order valence-corrected chi connectivity index (χ1v) is 7.79. The summed E-state index contributed by atoms with van der Waals surface area (Å²) >= 11 is 9.56. The first-order chi connectivity index (χ1) is 10.1. The fourth-order valence-corrected chi connectivity index (χ4v) is 2.41. The van der Waals surface area contributed by atoms with E-state index in [4.69, 9.17) is 26.8 Å². The van der Waals surface area contributed by atoms with Crippen molar-refractivity contribution in [3.8, 4) is 11.5 Å². The SMILES string of the molecule is C[C@@H](N)c1ccc(OCCOc2cccc(Br)c2)c(Cl)c1. The Bertz CT molecular complexity index is 605. The second kappa shape index (κ2) is 7.69. The molecule has 0 saturated heterocycles. The third kappa shape index (κ3) is 4.92. The molecule has 2 aromatic carbocycles. The Kier molecular flexibility index (Phi) is 5.91. The molecule has 2 N–H and O–H groups in total. The Morgan fingerprint density at radius 2 is 1.90 bits per heavy atom. The average Bonchev–Trinajstić information content (AvgIpc) is 2.45. The lowest BCUT2D eigenvalue weighted by Crippen LogP contribution is -2.10. The monoisotopic (exact) mass is 369 g/mol. The third-order valence-electron chi connectivity index (χ3n) is 2.89. The Morgan fingerprint density at radius 3 is 2.57 bits per heavy atom. The molecule has 21 heavy (non-hydrogen) atoms. The molecule has 2 rings (SSSR count). The Labute approximate surface area is 138 Å². The summed E-state index contributed by atoms with van der Waals surface area (Å²) in [5, 5.41) is 0.562. The van der Waals surface area contributed by atoms with Gasteiger partial charge in [0.25, 0.3) is 0 Å². The normalized spacial score (nSPS) is 12.0. The maximum atomic E-state index is 6.16. The standard InChI is InChI=1S/C16H17BrClNO2/c1-11(19)12-5-6-16(15(18)9-12)21-8-7-20-14-4-2-3-13(17)10-14/h2-6,9-11H,7-8,19H2,1H3/t11-/m1/s1. The number of rotatable bonds is 6. The zero-order valence-electron chi connectivity index (χ0n) is 11.7. The van der Waals surface area contributed by atoms with Crippen molar-refractivity contribution >= 4 is 27.5 Å². The molecule has 112 valence electrons. The van der Waals surface area contributed by atoms with Crippen molar-refractivity contribution in [2.24, 2.45) is 5.73 Å². The van der Waals surface area contributed by atoms with Crippen LogP contribution < -0.4 is 15.2 Å². The van der Waals surface area contributed by atoms with Gasteiger partial charge in [-0.25, -0.2) is 0 Å². The molecule has 0 saturated carbocycles. The van der Waals surface area contributed by atoms with Crippen LogP contribution in [0.3, 0.4) is 0 Å². The van der Waals surface area contributed by atoms with Gasteiger partial charge in [-0.05, 0) is 42.8 Å². The third-order valence-corrected chi connectivity index (χ3v) is 3.68. The Hall–Kier alpha value is -1.23. The molecule has 2 aromatic rings. The highest BCUT2D eigenvalue weighted by Crippen LogP contribution is 2.27. The van der Waals surface area contributed by atoms with Crippen LogP contribution in [0.1, 0.15) is 18.5 Å². The van der Waals surface area contributed by atoms with Crippen LogP contribution in [0.4, 0.5) is 0 Å². The number of halogens is 2. The number of ether oxygens (including phenoxy) is 2. The van der Waals surface area contributed by atoms with Gasteiger partial charge in [0.15, 0.2) is 0 Å². The molecule has 0 aliphatic rings. The van der Waals surface area contributed by atoms with Gasteiger partial charge in [-0.1, -0.05) is 39.7 Å². The van der Waals surface area contributed by atoms with Gasteiger partial charge in [0.2, 0.25) is 0 Å². The molecule has 0 fully saturated rings. The van der Waals surface area contributed by atoms with Crippen LogP contribution in [0.15, 0.2) is 46.9 Å². The number of nitrogens with two attached hydrogens (primary N) is 1. The van der Waals surface area contributed by atoms with E-state index in [9.17, 15) is 0 Å². The highest BCUT2D eigenvalue weighted by molar-refractivity contribution is 9.10. The van der Waals surface area contributed by atoms with Crippen molar-refractivity contribution in [2.75, 3.05) is 13.2 Å². The summed E-state index contributed by atoms with van der Waals surface area (Å²) < 4.78 is 12.2. The first-order valence-electron chi connectivity index (χ1n) is 6.62. The van der Waals surface area contributed by atoms with E-state index in [1.54, 1.807) is 0 Å². The van der Waals surface area contributed by atoms with Gasteiger partial charge < -0.3 is 15.2 Å². The summed E-state index contributed by atoms with van der Waals surface area (Å²) in [5.41, 5.74) is 6.79. The lowest BCUT2D eigenvalue weighted by molar-refractivity contribution is 0.217. The van der Waals surface area contributed by atoms with Crippen molar-refractivity contribution in [1.29, 1.82) is 0 Å². The van der Waals surface area contributed by atoms with Crippen molar-refractivity contribution in [3.05, 3.63) is 57.5 Å². The van der Waals surface area contributed by atoms with Crippen LogP contribution in [0.25, 0.3) is 0 Å². The van der Waals surface area contributed by atoms with Crippen molar-refractivity contribution in [2.45, 2.75) is 13.0 Å². The van der Waals surface area contributed by atoms with E-state index in [0.29, 0.717) is 24.0 Å². The van der Waals surface area contributed by atoms with E-state index in [0.717, 1.165) is 15.8 Å². The van der Waals surface area contributed by atoms with E-state index in [1.165, 1.54) is 0 Å². The molecule has 0 radical (unpaired) electrons. The summed E-state index contributed by atoms with van der Waals surface area (Å²) in [7, 11) is 0. The van der Waals surface area contributed by atoms with Gasteiger partial charge in [0.05, 0.1) is 5.02 Å². The van der Waals surface area contributed by atoms with Gasteiger partial charge in [0, 0.05) is 10.5 Å². The van der Waals surface area contributed by atoms with E-state index < -0.39 is 0 Å². The summed E-state index contributed by atoms with van der Waals surface area (Å²) in [6.07, 6.45) is 0. The number of hydrogen-bond donors (Lipinski definition) is 1. The van der Waals surface area contributed by atoms with Gasteiger partial charge in [-0.15, -0.1) is 0 Å². The average molecular weight is 371 g/mol. The molecule has 0 bridgehead atoms. The summed E-state index contributed by atoms with van der Waals surface area (Å²) in [6, 6.07) is 13.2. The fourth-order valence-electron chi connectivity index (χ4n) is 1.79. The van der Waals surface area contributed by atoms with Gasteiger partial charge >= 0.3 is 0 Å². The predicted molar refractivity (Wildman–Crippen MR) is 89.2 cm³/mol. The molecule has 5 heteroatoms. The summed E-state index contributed by atoms with van der Waals surface area (Å²) in [6.45, 7) is 2.78. The van der Waals surface area contributed by atoms with E-state index >= 15 is 0 Å². The Morgan fingerprint density at radius 1 is 1.14 bits per heavy atom. The van der Waals surface area contributed by atoms with Crippen molar-refractivity contribution in [1.82, 2.24) is 0 Å². The molecule has 0 aliphatic carbocycles. The minimum absolute atomic E-state index is 0.0450. The topological polar surface area (TPSA) is 44.5 Å². The molecule has 3 nitrogen and oxygen atoms in total. The molecule has 0 unspecified atom stereocenters. The number of hydrogen-bond acceptors (Lipinski definition) is 3. The van der Waals surface area contributed by atoms with E-state index in [1.807, 2.05) is 49.4 Å². The second-order valence-electron chi connectivity index (χ2n) is 4.63. The summed E-state index contributed by atoms with van der Waals surface area (Å²) in [5.74, 6) is 1.44. The quantitative estimate of drug-likeness (QED) is 0.757. The molecule has 0 heterocycles. The Balaban J connectivity index is 1.83. The lowest BCUT2D eigenvalue weighted by Gasteiger charge is -2.12. The van der Waals surface area contributed by atoms with Crippen LogP contribution in [-0.2, 0) is 0 Å². The zero-order valence-corrected chi connectivity index (χ0v) is 14.0. The lowest BCUT2D eigenvalue weighted by atomic mass is 10.1. The van der Waals surface area contributed by atoms with E-state index in [-0.39, 0.29) is 6.04 Å². The highest BCUT2D eigenvalue weighted by atomic mass is 79.9. The summed E-state index contributed by atoms with van der Waals surface area (Å²) in [4.78, 5) is 0. The minimum atomic E-state index is -0.0450. The van der Waals surface area contributed by atoms with Crippen molar-refractivity contribution < 1.29 is 9.47 Å². The molecular weight excluding hydrogens is 354 g/mol. The molecule has 0 aliphatic heterocycles.